The molecule has 2 heterocycles. The molecule has 2 atom stereocenters. The van der Waals surface area contributed by atoms with Gasteiger partial charge >= 0.3 is 12.1 Å². The van der Waals surface area contributed by atoms with Crippen molar-refractivity contribution < 1.29 is 28.9 Å². The fourth-order valence-corrected chi connectivity index (χ4v) is 3.97. The topological polar surface area (TPSA) is 98.2 Å². The van der Waals surface area contributed by atoms with Crippen LogP contribution in [0.4, 0.5) is 4.79 Å². The van der Waals surface area contributed by atoms with Crippen LogP contribution >= 0.6 is 0 Å². The van der Waals surface area contributed by atoms with Crippen LogP contribution in [0.2, 0.25) is 0 Å². The number of amides is 1. The second-order valence-electron chi connectivity index (χ2n) is 9.23. The van der Waals surface area contributed by atoms with Gasteiger partial charge in [-0.2, -0.15) is 0 Å². The number of likely N-dealkylation sites (tertiary alicyclic amines) is 1. The molecule has 0 bridgehead atoms. The van der Waals surface area contributed by atoms with Gasteiger partial charge in [0.25, 0.3) is 0 Å². The average Bonchev–Trinajstić information content (AvgIpc) is 3.22. The van der Waals surface area contributed by atoms with E-state index in [0.29, 0.717) is 17.3 Å². The van der Waals surface area contributed by atoms with Crippen molar-refractivity contribution >= 4 is 22.8 Å². The van der Waals surface area contributed by atoms with E-state index in [9.17, 15) is 14.7 Å². The Kier molecular flexibility index (Phi) is 6.32. The smallest absolute Gasteiger partial charge is 0.411 e. The first-order chi connectivity index (χ1) is 16.1. The van der Waals surface area contributed by atoms with Crippen molar-refractivity contribution in [1.82, 2.24) is 9.88 Å². The van der Waals surface area contributed by atoms with Crippen molar-refractivity contribution in [3.05, 3.63) is 54.6 Å². The first-order valence-electron chi connectivity index (χ1n) is 11.1. The van der Waals surface area contributed by atoms with Crippen molar-refractivity contribution in [2.75, 3.05) is 13.7 Å². The third-order valence-electron chi connectivity index (χ3n) is 5.53. The van der Waals surface area contributed by atoms with Gasteiger partial charge in [0, 0.05) is 17.4 Å². The molecule has 3 aromatic rings. The van der Waals surface area contributed by atoms with E-state index in [1.165, 1.54) is 4.90 Å². The Bertz CT molecular complexity index is 1210. The minimum Gasteiger partial charge on any atom is -0.497 e. The van der Waals surface area contributed by atoms with Crippen LogP contribution < -0.4 is 9.47 Å². The Balaban J connectivity index is 1.68. The first-order valence-corrected chi connectivity index (χ1v) is 11.1. The summed E-state index contributed by atoms with van der Waals surface area (Å²) in [5.41, 5.74) is 0.898. The summed E-state index contributed by atoms with van der Waals surface area (Å²) in [6.45, 7) is 5.30. The van der Waals surface area contributed by atoms with Crippen molar-refractivity contribution in [3.63, 3.8) is 0 Å². The maximum absolute atomic E-state index is 12.7. The Morgan fingerprint density at radius 3 is 2.47 bits per heavy atom. The summed E-state index contributed by atoms with van der Waals surface area (Å²) in [7, 11) is 1.60. The molecule has 1 amide bonds. The Labute approximate surface area is 198 Å². The molecule has 0 unspecified atom stereocenters. The van der Waals surface area contributed by atoms with Gasteiger partial charge in [-0.05, 0) is 50.4 Å². The zero-order valence-electron chi connectivity index (χ0n) is 19.6. The zero-order valence-corrected chi connectivity index (χ0v) is 19.6. The van der Waals surface area contributed by atoms with Gasteiger partial charge < -0.3 is 19.3 Å². The fourth-order valence-electron chi connectivity index (χ4n) is 3.97. The minimum absolute atomic E-state index is 0.0841. The SMILES string of the molecule is COc1ccc2c(O[C@@H]3C[C@@H](C(=O)O)N(C(=O)OC(C)(C)C)C3)nc(-c3ccccc3)cc2c1. The van der Waals surface area contributed by atoms with Crippen LogP contribution in [0.3, 0.4) is 0 Å². The predicted octanol–water partition coefficient (Wildman–Crippen LogP) is 4.75. The van der Waals surface area contributed by atoms with Gasteiger partial charge in [0.15, 0.2) is 0 Å². The highest BCUT2D eigenvalue weighted by atomic mass is 16.6. The molecule has 1 aliphatic heterocycles. The minimum atomic E-state index is -1.10. The molecule has 8 heteroatoms. The van der Waals surface area contributed by atoms with Gasteiger partial charge in [-0.25, -0.2) is 14.6 Å². The first kappa shape index (κ1) is 23.4. The number of hydrogen-bond acceptors (Lipinski definition) is 6. The summed E-state index contributed by atoms with van der Waals surface area (Å²) < 4.78 is 17.0. The number of rotatable bonds is 5. The molecule has 1 fully saturated rings. The summed E-state index contributed by atoms with van der Waals surface area (Å²) in [5.74, 6) is -0.0247. The number of carbonyl (C=O) groups is 2. The van der Waals surface area contributed by atoms with Crippen molar-refractivity contribution in [2.45, 2.75) is 44.9 Å². The van der Waals surface area contributed by atoms with Crippen LogP contribution in [0.1, 0.15) is 27.2 Å². The third-order valence-corrected chi connectivity index (χ3v) is 5.53. The molecule has 0 radical (unpaired) electrons. The average molecular weight is 465 g/mol. The Morgan fingerprint density at radius 1 is 1.09 bits per heavy atom. The lowest BCUT2D eigenvalue weighted by Crippen LogP contribution is -2.43. The highest BCUT2D eigenvalue weighted by Crippen LogP contribution is 2.34. The monoisotopic (exact) mass is 464 g/mol. The zero-order chi connectivity index (χ0) is 24.5. The third kappa shape index (κ3) is 5.06. The highest BCUT2D eigenvalue weighted by Gasteiger charge is 2.43. The molecule has 178 valence electrons. The summed E-state index contributed by atoms with van der Waals surface area (Å²) in [4.78, 5) is 30.5. The molecule has 8 nitrogen and oxygen atoms in total. The van der Waals surface area contributed by atoms with E-state index in [1.54, 1.807) is 27.9 Å². The lowest BCUT2D eigenvalue weighted by atomic mass is 10.1. The number of benzene rings is 2. The quantitative estimate of drug-likeness (QED) is 0.582. The van der Waals surface area contributed by atoms with Gasteiger partial charge in [0.2, 0.25) is 5.88 Å². The molecule has 1 saturated heterocycles. The molecule has 1 N–H and O–H groups in total. The molecular formula is C26H28N2O6. The number of fused-ring (bicyclic) bond motifs is 1. The highest BCUT2D eigenvalue weighted by molar-refractivity contribution is 5.91. The number of aromatic nitrogens is 1. The molecule has 0 aliphatic carbocycles. The van der Waals surface area contributed by atoms with E-state index >= 15 is 0 Å². The van der Waals surface area contributed by atoms with E-state index in [1.807, 2.05) is 54.6 Å². The standard InChI is InChI=1S/C26H28N2O6/c1-26(2,3)34-25(31)28-15-19(14-22(28)24(29)30)33-23-20-11-10-18(32-4)12-17(20)13-21(27-23)16-8-6-5-7-9-16/h5-13,19,22H,14-15H2,1-4H3,(H,29,30)/t19-,22+/m1/s1. The number of carboxylic acids is 1. The number of ether oxygens (including phenoxy) is 3. The van der Waals surface area contributed by atoms with Crippen LogP contribution in [-0.2, 0) is 9.53 Å². The van der Waals surface area contributed by atoms with Crippen molar-refractivity contribution in [1.29, 1.82) is 0 Å². The van der Waals surface area contributed by atoms with E-state index in [0.717, 1.165) is 16.3 Å². The summed E-state index contributed by atoms with van der Waals surface area (Å²) in [5, 5.41) is 11.3. The second kappa shape index (κ2) is 9.21. The number of carbonyl (C=O) groups excluding carboxylic acids is 1. The molecule has 1 aromatic heterocycles. The van der Waals surface area contributed by atoms with Gasteiger partial charge in [-0.15, -0.1) is 0 Å². The largest absolute Gasteiger partial charge is 0.497 e. The molecule has 1 aliphatic rings. The van der Waals surface area contributed by atoms with Gasteiger partial charge in [-0.3, -0.25) is 4.90 Å². The van der Waals surface area contributed by atoms with E-state index in [4.69, 9.17) is 19.2 Å². The van der Waals surface area contributed by atoms with Crippen LogP contribution in [0.25, 0.3) is 22.0 Å². The summed E-state index contributed by atoms with van der Waals surface area (Å²) in [6.07, 6.45) is -1.10. The number of hydrogen-bond donors (Lipinski definition) is 1. The number of pyridine rings is 1. The molecule has 4 rings (SSSR count). The van der Waals surface area contributed by atoms with Crippen molar-refractivity contribution in [3.8, 4) is 22.9 Å². The van der Waals surface area contributed by atoms with Gasteiger partial charge in [0.1, 0.15) is 23.5 Å². The molecule has 0 saturated carbocycles. The van der Waals surface area contributed by atoms with Crippen LogP contribution in [0, 0.1) is 0 Å². The van der Waals surface area contributed by atoms with E-state index < -0.39 is 29.8 Å². The van der Waals surface area contributed by atoms with Crippen LogP contribution in [0.15, 0.2) is 54.6 Å². The maximum Gasteiger partial charge on any atom is 0.411 e. The number of nitrogens with zero attached hydrogens (tertiary/aromatic N) is 2. The maximum atomic E-state index is 12.7. The molecule has 34 heavy (non-hydrogen) atoms. The lowest BCUT2D eigenvalue weighted by molar-refractivity contribution is -0.142. The van der Waals surface area contributed by atoms with E-state index in [2.05, 4.69) is 0 Å². The second-order valence-corrected chi connectivity index (χ2v) is 9.23. The normalized spacial score (nSPS) is 18.1. The van der Waals surface area contributed by atoms with Crippen LogP contribution in [-0.4, -0.2) is 58.5 Å². The molecule has 2 aromatic carbocycles. The summed E-state index contributed by atoms with van der Waals surface area (Å²) >= 11 is 0. The van der Waals surface area contributed by atoms with Crippen molar-refractivity contribution in [2.24, 2.45) is 0 Å². The summed E-state index contributed by atoms with van der Waals surface area (Å²) in [6, 6.07) is 16.2. The van der Waals surface area contributed by atoms with Gasteiger partial charge in [0.05, 0.1) is 19.3 Å². The number of aliphatic carboxylic acids is 1. The number of carboxylic acid groups (broad SMARTS) is 1. The van der Waals surface area contributed by atoms with E-state index in [-0.39, 0.29) is 13.0 Å². The lowest BCUT2D eigenvalue weighted by Gasteiger charge is -2.26. The van der Waals surface area contributed by atoms with Gasteiger partial charge in [-0.1, -0.05) is 30.3 Å². The molecule has 0 spiro atoms. The number of methoxy groups -OCH3 is 1. The Hall–Kier alpha value is -3.81. The molecular weight excluding hydrogens is 436 g/mol. The fraction of sp³-hybridized carbons (Fsp3) is 0.346. The Morgan fingerprint density at radius 2 is 1.82 bits per heavy atom. The van der Waals surface area contributed by atoms with Crippen LogP contribution in [0.5, 0.6) is 11.6 Å². The predicted molar refractivity (Wildman–Crippen MR) is 127 cm³/mol.